The number of fused-ring (bicyclic) bond motifs is 1. The summed E-state index contributed by atoms with van der Waals surface area (Å²) in [6.07, 6.45) is 3.08. The Bertz CT molecular complexity index is 1070. The normalized spacial score (nSPS) is 12.3. The van der Waals surface area contributed by atoms with Crippen LogP contribution in [-0.2, 0) is 4.79 Å². The number of thioether (sulfide) groups is 1. The van der Waals surface area contributed by atoms with E-state index in [1.54, 1.807) is 30.3 Å². The van der Waals surface area contributed by atoms with E-state index in [2.05, 4.69) is 15.5 Å². The van der Waals surface area contributed by atoms with E-state index in [0.29, 0.717) is 26.5 Å². The van der Waals surface area contributed by atoms with Crippen molar-refractivity contribution in [1.82, 2.24) is 10.2 Å². The lowest BCUT2D eigenvalue weighted by Gasteiger charge is -1.98. The van der Waals surface area contributed by atoms with E-state index in [4.69, 9.17) is 9.47 Å². The largest absolute Gasteiger partial charge is 0.454 e. The van der Waals surface area contributed by atoms with E-state index in [-0.39, 0.29) is 24.2 Å². The molecule has 4 rings (SSSR count). The number of carbonyl (C=O) groups is 2. The number of benzene rings is 2. The van der Waals surface area contributed by atoms with Gasteiger partial charge in [-0.1, -0.05) is 59.5 Å². The van der Waals surface area contributed by atoms with Gasteiger partial charge in [0.2, 0.25) is 17.8 Å². The number of ether oxygens (including phenoxy) is 2. The molecule has 1 N–H and O–H groups in total. The van der Waals surface area contributed by atoms with Crippen LogP contribution in [0, 0.1) is 0 Å². The van der Waals surface area contributed by atoms with Crippen molar-refractivity contribution in [1.29, 1.82) is 0 Å². The summed E-state index contributed by atoms with van der Waals surface area (Å²) in [4.78, 5) is 24.2. The number of nitrogens with zero attached hydrogens (tertiary/aromatic N) is 2. The summed E-state index contributed by atoms with van der Waals surface area (Å²) in [5, 5.41) is 11.0. The van der Waals surface area contributed by atoms with Gasteiger partial charge in [-0.05, 0) is 23.8 Å². The van der Waals surface area contributed by atoms with Gasteiger partial charge < -0.3 is 9.47 Å². The number of amides is 1. The topological polar surface area (TPSA) is 90.4 Å². The van der Waals surface area contributed by atoms with Crippen molar-refractivity contribution >= 4 is 46.0 Å². The molecule has 7 nitrogen and oxygen atoms in total. The lowest BCUT2D eigenvalue weighted by molar-refractivity contribution is -0.111. The second-order valence-corrected chi connectivity index (χ2v) is 8.09. The third-order valence-electron chi connectivity index (χ3n) is 3.88. The van der Waals surface area contributed by atoms with Crippen LogP contribution in [0.4, 0.5) is 5.13 Å². The standard InChI is InChI=1S/C20H15N3O4S2/c24-15(14-4-2-1-3-5-14)11-28-20-23-22-19(29-20)21-18(25)9-7-13-6-8-16-17(10-13)27-12-26-16/h1-10H,11-12H2,(H,21,22,25). The Kier molecular flexibility index (Phi) is 5.87. The molecule has 0 fully saturated rings. The van der Waals surface area contributed by atoms with Gasteiger partial charge in [-0.2, -0.15) is 0 Å². The van der Waals surface area contributed by atoms with E-state index < -0.39 is 0 Å². The molecule has 146 valence electrons. The van der Waals surface area contributed by atoms with E-state index in [1.807, 2.05) is 24.3 Å². The smallest absolute Gasteiger partial charge is 0.250 e. The van der Waals surface area contributed by atoms with Gasteiger partial charge in [0.25, 0.3) is 0 Å². The van der Waals surface area contributed by atoms with Crippen LogP contribution in [0.1, 0.15) is 15.9 Å². The Hall–Kier alpha value is -3.17. The molecule has 0 unspecified atom stereocenters. The summed E-state index contributed by atoms with van der Waals surface area (Å²) in [7, 11) is 0. The van der Waals surface area contributed by atoms with E-state index >= 15 is 0 Å². The summed E-state index contributed by atoms with van der Waals surface area (Å²) in [5.41, 5.74) is 1.48. The third-order valence-corrected chi connectivity index (χ3v) is 5.85. The van der Waals surface area contributed by atoms with Crippen LogP contribution < -0.4 is 14.8 Å². The highest BCUT2D eigenvalue weighted by Crippen LogP contribution is 2.32. The number of hydrogen-bond acceptors (Lipinski definition) is 8. The molecule has 2 aromatic carbocycles. The van der Waals surface area contributed by atoms with Crippen LogP contribution in [-0.4, -0.2) is 34.4 Å². The quantitative estimate of drug-likeness (QED) is 0.266. The Labute approximate surface area is 174 Å². The number of ketones is 1. The van der Waals surface area contributed by atoms with Crippen LogP contribution in [0.2, 0.25) is 0 Å². The first kappa shape index (κ1) is 19.2. The maximum atomic E-state index is 12.1. The van der Waals surface area contributed by atoms with Crippen molar-refractivity contribution in [3.8, 4) is 11.5 Å². The average molecular weight is 425 g/mol. The number of Topliss-reactive ketones (excluding diaryl/α,β-unsaturated/α-hetero) is 1. The van der Waals surface area contributed by atoms with Gasteiger partial charge in [0.15, 0.2) is 21.6 Å². The molecule has 9 heteroatoms. The molecule has 0 radical (unpaired) electrons. The molecule has 1 aliphatic rings. The van der Waals surface area contributed by atoms with Crippen LogP contribution >= 0.6 is 23.1 Å². The summed E-state index contributed by atoms with van der Waals surface area (Å²) in [5.74, 6) is 1.30. The summed E-state index contributed by atoms with van der Waals surface area (Å²) in [6, 6.07) is 14.5. The highest BCUT2D eigenvalue weighted by molar-refractivity contribution is 8.01. The van der Waals surface area contributed by atoms with E-state index in [0.717, 1.165) is 5.56 Å². The second-order valence-electron chi connectivity index (χ2n) is 5.89. The average Bonchev–Trinajstić information content (AvgIpc) is 3.40. The zero-order valence-electron chi connectivity index (χ0n) is 15.0. The molecule has 1 aliphatic heterocycles. The number of hydrogen-bond donors (Lipinski definition) is 1. The zero-order chi connectivity index (χ0) is 20.1. The molecule has 0 aliphatic carbocycles. The molecule has 2 heterocycles. The highest BCUT2D eigenvalue weighted by atomic mass is 32.2. The third kappa shape index (κ3) is 5.01. The number of rotatable bonds is 7. The first-order valence-electron chi connectivity index (χ1n) is 8.61. The maximum Gasteiger partial charge on any atom is 0.250 e. The molecule has 0 bridgehead atoms. The zero-order valence-corrected chi connectivity index (χ0v) is 16.7. The summed E-state index contributed by atoms with van der Waals surface area (Å²) >= 11 is 2.52. The van der Waals surface area contributed by atoms with Gasteiger partial charge in [0, 0.05) is 11.6 Å². The molecule has 0 saturated carbocycles. The SMILES string of the molecule is O=C(C=Cc1ccc2c(c1)OCO2)Nc1nnc(SCC(=O)c2ccccc2)s1. The first-order chi connectivity index (χ1) is 14.2. The summed E-state index contributed by atoms with van der Waals surface area (Å²) in [6.45, 7) is 0.206. The monoisotopic (exact) mass is 425 g/mol. The van der Waals surface area contributed by atoms with Crippen molar-refractivity contribution in [2.75, 3.05) is 17.9 Å². The predicted molar refractivity (Wildman–Crippen MR) is 112 cm³/mol. The number of aromatic nitrogens is 2. The Morgan fingerprint density at radius 1 is 1.10 bits per heavy atom. The fourth-order valence-corrected chi connectivity index (χ4v) is 4.14. The van der Waals surface area contributed by atoms with Crippen LogP contribution in [0.15, 0.2) is 58.9 Å². The molecular weight excluding hydrogens is 410 g/mol. The fraction of sp³-hybridized carbons (Fsp3) is 0.100. The van der Waals surface area contributed by atoms with Gasteiger partial charge in [-0.15, -0.1) is 10.2 Å². The molecule has 0 spiro atoms. The van der Waals surface area contributed by atoms with Crippen molar-refractivity contribution in [2.24, 2.45) is 0 Å². The second kappa shape index (κ2) is 8.89. The number of anilines is 1. The van der Waals surface area contributed by atoms with Crippen molar-refractivity contribution in [3.05, 3.63) is 65.7 Å². The van der Waals surface area contributed by atoms with Gasteiger partial charge >= 0.3 is 0 Å². The minimum atomic E-state index is -0.323. The minimum absolute atomic E-state index is 0.0167. The minimum Gasteiger partial charge on any atom is -0.454 e. The molecule has 29 heavy (non-hydrogen) atoms. The van der Waals surface area contributed by atoms with Crippen LogP contribution in [0.3, 0.4) is 0 Å². The van der Waals surface area contributed by atoms with Crippen LogP contribution in [0.5, 0.6) is 11.5 Å². The molecule has 1 amide bonds. The lowest BCUT2D eigenvalue weighted by atomic mass is 10.2. The fourth-order valence-electron chi connectivity index (χ4n) is 2.49. The Balaban J connectivity index is 1.29. The van der Waals surface area contributed by atoms with Crippen molar-refractivity contribution < 1.29 is 19.1 Å². The number of carbonyl (C=O) groups excluding carboxylic acids is 2. The molecule has 3 aromatic rings. The summed E-state index contributed by atoms with van der Waals surface area (Å²) < 4.78 is 11.2. The van der Waals surface area contributed by atoms with Crippen molar-refractivity contribution in [3.63, 3.8) is 0 Å². The Morgan fingerprint density at radius 2 is 1.93 bits per heavy atom. The Morgan fingerprint density at radius 3 is 2.79 bits per heavy atom. The van der Waals surface area contributed by atoms with Gasteiger partial charge in [-0.25, -0.2) is 0 Å². The van der Waals surface area contributed by atoms with Gasteiger partial charge in [0.05, 0.1) is 5.75 Å². The van der Waals surface area contributed by atoms with Crippen LogP contribution in [0.25, 0.3) is 6.08 Å². The van der Waals surface area contributed by atoms with E-state index in [1.165, 1.54) is 29.2 Å². The van der Waals surface area contributed by atoms with E-state index in [9.17, 15) is 9.59 Å². The molecule has 0 atom stereocenters. The molecule has 1 aromatic heterocycles. The van der Waals surface area contributed by atoms with Gasteiger partial charge in [0.1, 0.15) is 0 Å². The molecular formula is C20H15N3O4S2. The van der Waals surface area contributed by atoms with Gasteiger partial charge in [-0.3, -0.25) is 14.9 Å². The maximum absolute atomic E-state index is 12.1. The predicted octanol–water partition coefficient (Wildman–Crippen LogP) is 3.89. The lowest BCUT2D eigenvalue weighted by Crippen LogP contribution is -2.07. The molecule has 0 saturated heterocycles. The first-order valence-corrected chi connectivity index (χ1v) is 10.4. The van der Waals surface area contributed by atoms with Crippen molar-refractivity contribution in [2.45, 2.75) is 4.34 Å². The highest BCUT2D eigenvalue weighted by Gasteiger charge is 2.13. The number of nitrogens with one attached hydrogen (secondary N) is 1.